The third-order valence-corrected chi connectivity index (χ3v) is 6.65. The smallest absolute Gasteiger partial charge is 0.322 e. The van der Waals surface area contributed by atoms with Crippen molar-refractivity contribution in [2.24, 2.45) is 10.2 Å². The molecule has 4 rings (SSSR count). The predicted molar refractivity (Wildman–Crippen MR) is 161 cm³/mol. The van der Waals surface area contributed by atoms with E-state index in [-0.39, 0.29) is 22.7 Å². The minimum atomic E-state index is -1.52. The van der Waals surface area contributed by atoms with Gasteiger partial charge in [0.1, 0.15) is 0 Å². The van der Waals surface area contributed by atoms with Gasteiger partial charge in [-0.25, -0.2) is 0 Å². The Kier molecular flexibility index (Phi) is 10.8. The molecular weight excluding hydrogens is 580 g/mol. The molecule has 0 radical (unpaired) electrons. The van der Waals surface area contributed by atoms with E-state index in [0.29, 0.717) is 23.9 Å². The molecule has 1 saturated heterocycles. The number of nitrogens with one attached hydrogen (secondary N) is 3. The molecule has 0 saturated carbocycles. The van der Waals surface area contributed by atoms with Crippen molar-refractivity contribution in [3.05, 3.63) is 57.6 Å². The van der Waals surface area contributed by atoms with Crippen LogP contribution in [0.4, 0.5) is 34.6 Å². The lowest BCUT2D eigenvalue weighted by molar-refractivity contribution is -0.384. The van der Waals surface area contributed by atoms with Gasteiger partial charge in [-0.3, -0.25) is 19.7 Å². The number of carbonyl (C=O) groups excluding carboxylic acids is 2. The van der Waals surface area contributed by atoms with Crippen LogP contribution in [0, 0.1) is 10.1 Å². The standard InChI is InChI=1S/C27H31ClN10O5/c1-17(39)23(36-35-21-11-6-18(28)16-22(21)38(41)42)24(40)30-19-7-9-20(10-8-19)31-26-32-25(33-27(34-26)43-2)29-12-15-37-13-4-3-5-14-37/h6-11,16,23H,3-5,12-15H2,1-2H3,(H,30,40)(H2,29,31,32,33,34). The quantitative estimate of drug-likeness (QED) is 0.105. The summed E-state index contributed by atoms with van der Waals surface area (Å²) in [6.45, 7) is 4.93. The van der Waals surface area contributed by atoms with Gasteiger partial charge in [-0.2, -0.15) is 20.1 Å². The van der Waals surface area contributed by atoms with E-state index in [1.807, 2.05) is 0 Å². The average Bonchev–Trinajstić information content (AvgIpc) is 2.99. The summed E-state index contributed by atoms with van der Waals surface area (Å²) in [6.07, 6.45) is 3.72. The van der Waals surface area contributed by atoms with E-state index in [4.69, 9.17) is 16.3 Å². The molecule has 1 amide bonds. The zero-order valence-corrected chi connectivity index (χ0v) is 24.4. The van der Waals surface area contributed by atoms with E-state index in [9.17, 15) is 19.7 Å². The molecule has 1 unspecified atom stereocenters. The zero-order valence-electron chi connectivity index (χ0n) is 23.6. The summed E-state index contributed by atoms with van der Waals surface area (Å²) >= 11 is 5.82. The maximum atomic E-state index is 12.8. The van der Waals surface area contributed by atoms with E-state index in [2.05, 4.69) is 46.0 Å². The van der Waals surface area contributed by atoms with Gasteiger partial charge in [0.15, 0.2) is 11.5 Å². The molecule has 2 heterocycles. The normalized spacial score (nSPS) is 14.2. The van der Waals surface area contributed by atoms with E-state index >= 15 is 0 Å². The van der Waals surface area contributed by atoms with Crippen molar-refractivity contribution in [1.29, 1.82) is 0 Å². The van der Waals surface area contributed by atoms with Gasteiger partial charge in [0.2, 0.25) is 17.9 Å². The summed E-state index contributed by atoms with van der Waals surface area (Å²) in [7, 11) is 1.47. The Morgan fingerprint density at radius 1 is 1.07 bits per heavy atom. The van der Waals surface area contributed by atoms with E-state index in [1.54, 1.807) is 24.3 Å². The number of amides is 1. The Hall–Kier alpha value is -4.76. The Balaban J connectivity index is 1.38. The molecule has 1 atom stereocenters. The van der Waals surface area contributed by atoms with Crippen LogP contribution in [0.3, 0.4) is 0 Å². The van der Waals surface area contributed by atoms with E-state index < -0.39 is 28.3 Å². The molecule has 3 N–H and O–H groups in total. The highest BCUT2D eigenvalue weighted by molar-refractivity contribution is 6.30. The maximum Gasteiger partial charge on any atom is 0.322 e. The van der Waals surface area contributed by atoms with Crippen LogP contribution in [0.2, 0.25) is 5.02 Å². The number of benzene rings is 2. The van der Waals surface area contributed by atoms with Crippen molar-refractivity contribution in [2.45, 2.75) is 32.2 Å². The number of hydrogen-bond acceptors (Lipinski definition) is 13. The number of hydrogen-bond donors (Lipinski definition) is 3. The van der Waals surface area contributed by atoms with Crippen LogP contribution in [0.1, 0.15) is 26.2 Å². The van der Waals surface area contributed by atoms with Gasteiger partial charge in [-0.1, -0.05) is 18.0 Å². The van der Waals surface area contributed by atoms with Crippen LogP contribution in [0.15, 0.2) is 52.7 Å². The average molecular weight is 611 g/mol. The highest BCUT2D eigenvalue weighted by Gasteiger charge is 2.24. The highest BCUT2D eigenvalue weighted by atomic mass is 35.5. The lowest BCUT2D eigenvalue weighted by atomic mass is 10.1. The second-order valence-corrected chi connectivity index (χ2v) is 10.0. The SMILES string of the molecule is COc1nc(NCCN2CCCCC2)nc(Nc2ccc(NC(=O)C(N=Nc3ccc(Cl)cc3[N+](=O)[O-])C(C)=O)cc2)n1. The molecule has 3 aromatic rings. The molecule has 1 fully saturated rings. The van der Waals surface area contributed by atoms with Crippen molar-refractivity contribution >= 4 is 57.9 Å². The monoisotopic (exact) mass is 610 g/mol. The second-order valence-electron chi connectivity index (χ2n) is 9.61. The molecule has 226 valence electrons. The minimum Gasteiger partial charge on any atom is -0.467 e. The van der Waals surface area contributed by atoms with Gasteiger partial charge < -0.3 is 25.6 Å². The summed E-state index contributed by atoms with van der Waals surface area (Å²) in [5.41, 5.74) is 0.448. The molecule has 0 bridgehead atoms. The summed E-state index contributed by atoms with van der Waals surface area (Å²) in [5.74, 6) is -0.711. The van der Waals surface area contributed by atoms with Crippen molar-refractivity contribution in [3.8, 4) is 6.01 Å². The molecule has 2 aromatic carbocycles. The maximum absolute atomic E-state index is 12.8. The number of ether oxygens (including phenoxy) is 1. The fourth-order valence-electron chi connectivity index (χ4n) is 4.23. The first-order chi connectivity index (χ1) is 20.7. The van der Waals surface area contributed by atoms with Gasteiger partial charge in [-0.15, -0.1) is 5.11 Å². The topological polar surface area (TPSA) is 189 Å². The number of piperidine rings is 1. The number of carbonyl (C=O) groups is 2. The number of rotatable bonds is 13. The lowest BCUT2D eigenvalue weighted by Gasteiger charge is -2.26. The summed E-state index contributed by atoms with van der Waals surface area (Å²) in [5, 5.41) is 27.9. The Labute approximate surface area is 252 Å². The number of anilines is 4. The van der Waals surface area contributed by atoms with Gasteiger partial charge in [0.05, 0.1) is 12.0 Å². The van der Waals surface area contributed by atoms with Crippen LogP contribution < -0.4 is 20.7 Å². The number of nitrogens with zero attached hydrogens (tertiary/aromatic N) is 7. The molecule has 43 heavy (non-hydrogen) atoms. The number of Topliss-reactive ketones (excluding diaryl/α,β-unsaturated/α-hetero) is 1. The van der Waals surface area contributed by atoms with Crippen LogP contribution in [-0.4, -0.2) is 75.8 Å². The fraction of sp³-hybridized carbons (Fsp3) is 0.370. The molecule has 1 aliphatic heterocycles. The number of azo groups is 1. The van der Waals surface area contributed by atoms with Gasteiger partial charge in [-0.05, 0) is 69.3 Å². The molecule has 0 spiro atoms. The second kappa shape index (κ2) is 14.9. The summed E-state index contributed by atoms with van der Waals surface area (Å²) in [4.78, 5) is 50.9. The number of nitro benzene ring substituents is 1. The van der Waals surface area contributed by atoms with Gasteiger partial charge in [0.25, 0.3) is 11.6 Å². The first kappa shape index (κ1) is 31.2. The van der Waals surface area contributed by atoms with Gasteiger partial charge >= 0.3 is 6.01 Å². The lowest BCUT2D eigenvalue weighted by Crippen LogP contribution is -2.33. The molecule has 16 heteroatoms. The van der Waals surface area contributed by atoms with Crippen molar-refractivity contribution in [1.82, 2.24) is 19.9 Å². The minimum absolute atomic E-state index is 0.138. The van der Waals surface area contributed by atoms with Crippen LogP contribution in [-0.2, 0) is 9.59 Å². The zero-order chi connectivity index (χ0) is 30.8. The number of ketones is 1. The van der Waals surface area contributed by atoms with Crippen molar-refractivity contribution < 1.29 is 19.2 Å². The van der Waals surface area contributed by atoms with Crippen molar-refractivity contribution in [2.75, 3.05) is 49.2 Å². The van der Waals surface area contributed by atoms with Crippen LogP contribution in [0.5, 0.6) is 6.01 Å². The molecule has 0 aliphatic carbocycles. The molecule has 1 aliphatic rings. The number of likely N-dealkylation sites (tertiary alicyclic amines) is 1. The number of halogens is 1. The van der Waals surface area contributed by atoms with Crippen LogP contribution in [0.25, 0.3) is 0 Å². The Morgan fingerprint density at radius 3 is 2.44 bits per heavy atom. The van der Waals surface area contributed by atoms with Crippen LogP contribution >= 0.6 is 11.6 Å². The predicted octanol–water partition coefficient (Wildman–Crippen LogP) is 4.76. The molecular formula is C27H31ClN10O5. The summed E-state index contributed by atoms with van der Waals surface area (Å²) in [6, 6.07) is 8.97. The molecule has 1 aromatic heterocycles. The largest absolute Gasteiger partial charge is 0.467 e. The van der Waals surface area contributed by atoms with Crippen molar-refractivity contribution in [3.63, 3.8) is 0 Å². The van der Waals surface area contributed by atoms with E-state index in [1.165, 1.54) is 45.4 Å². The fourth-order valence-corrected chi connectivity index (χ4v) is 4.40. The van der Waals surface area contributed by atoms with Gasteiger partial charge in [0, 0.05) is 35.6 Å². The highest BCUT2D eigenvalue weighted by Crippen LogP contribution is 2.30. The number of nitro groups is 1. The number of aromatic nitrogens is 3. The van der Waals surface area contributed by atoms with E-state index in [0.717, 1.165) is 25.7 Å². The first-order valence-electron chi connectivity index (χ1n) is 13.5. The Morgan fingerprint density at radius 2 is 1.77 bits per heavy atom. The summed E-state index contributed by atoms with van der Waals surface area (Å²) < 4.78 is 5.22. The first-order valence-corrected chi connectivity index (χ1v) is 13.9. The third kappa shape index (κ3) is 9.11. The Bertz CT molecular complexity index is 1480. The molecule has 15 nitrogen and oxygen atoms in total. The number of methoxy groups -OCH3 is 1. The third-order valence-electron chi connectivity index (χ3n) is 6.41.